The number of piperidine rings is 1. The van der Waals surface area contributed by atoms with Crippen LogP contribution in [-0.4, -0.2) is 24.2 Å². The number of benzene rings is 1. The molecule has 0 amide bonds. The molecular weight excluding hydrogens is 221 g/mol. The van der Waals surface area contributed by atoms with Gasteiger partial charge in [0.2, 0.25) is 0 Å². The Morgan fingerprint density at radius 3 is 2.94 bits per heavy atom. The zero-order valence-corrected chi connectivity index (χ0v) is 9.58. The summed E-state index contributed by atoms with van der Waals surface area (Å²) >= 11 is 0. The highest BCUT2D eigenvalue weighted by molar-refractivity contribution is 5.75. The first kappa shape index (κ1) is 12.0. The van der Waals surface area contributed by atoms with E-state index in [0.29, 0.717) is 19.4 Å². The van der Waals surface area contributed by atoms with E-state index < -0.39 is 11.4 Å². The molecule has 17 heavy (non-hydrogen) atoms. The minimum absolute atomic E-state index is 0.313. The Kier molecular flexibility index (Phi) is 3.43. The maximum Gasteiger partial charge on any atom is 0.311 e. The van der Waals surface area contributed by atoms with Crippen molar-refractivity contribution < 1.29 is 14.3 Å². The largest absolute Gasteiger partial charge is 0.481 e. The van der Waals surface area contributed by atoms with Gasteiger partial charge in [0.25, 0.3) is 0 Å². The number of aliphatic carboxylic acids is 1. The Balaban J connectivity index is 2.20. The van der Waals surface area contributed by atoms with Crippen molar-refractivity contribution in [3.63, 3.8) is 0 Å². The molecule has 0 spiro atoms. The lowest BCUT2D eigenvalue weighted by Crippen LogP contribution is -2.47. The summed E-state index contributed by atoms with van der Waals surface area (Å²) in [6.45, 7) is 1.32. The van der Waals surface area contributed by atoms with Gasteiger partial charge in [-0.2, -0.15) is 0 Å². The monoisotopic (exact) mass is 237 g/mol. The highest BCUT2D eigenvalue weighted by Gasteiger charge is 2.39. The average Bonchev–Trinajstić information content (AvgIpc) is 2.30. The van der Waals surface area contributed by atoms with Gasteiger partial charge in [-0.05, 0) is 43.5 Å². The molecule has 4 heteroatoms. The van der Waals surface area contributed by atoms with E-state index in [9.17, 15) is 14.3 Å². The molecule has 0 saturated carbocycles. The number of nitrogens with one attached hydrogen (secondary N) is 1. The smallest absolute Gasteiger partial charge is 0.311 e. The quantitative estimate of drug-likeness (QED) is 0.843. The van der Waals surface area contributed by atoms with Gasteiger partial charge in [0, 0.05) is 6.54 Å². The zero-order valence-electron chi connectivity index (χ0n) is 9.58. The number of halogens is 1. The fraction of sp³-hybridized carbons (Fsp3) is 0.462. The summed E-state index contributed by atoms with van der Waals surface area (Å²) in [5.74, 6) is -1.11. The second-order valence-electron chi connectivity index (χ2n) is 4.67. The number of carbonyl (C=O) groups is 1. The highest BCUT2D eigenvalue weighted by Crippen LogP contribution is 2.31. The maximum absolute atomic E-state index is 13.1. The maximum atomic E-state index is 13.1. The van der Waals surface area contributed by atoms with Gasteiger partial charge in [-0.15, -0.1) is 0 Å². The second kappa shape index (κ2) is 4.84. The average molecular weight is 237 g/mol. The fourth-order valence-electron chi connectivity index (χ4n) is 2.41. The predicted octanol–water partition coefficient (Wildman–Crippen LogP) is 1.82. The molecule has 1 unspecified atom stereocenters. The Morgan fingerprint density at radius 1 is 1.53 bits per heavy atom. The molecule has 0 aliphatic carbocycles. The summed E-state index contributed by atoms with van der Waals surface area (Å²) in [6.07, 6.45) is 1.88. The fourth-order valence-corrected chi connectivity index (χ4v) is 2.41. The van der Waals surface area contributed by atoms with E-state index in [1.807, 2.05) is 0 Å². The summed E-state index contributed by atoms with van der Waals surface area (Å²) in [5, 5.41) is 12.5. The molecule has 1 heterocycles. The van der Waals surface area contributed by atoms with Crippen LogP contribution in [0.25, 0.3) is 0 Å². The van der Waals surface area contributed by atoms with Gasteiger partial charge < -0.3 is 10.4 Å². The van der Waals surface area contributed by atoms with E-state index >= 15 is 0 Å². The van der Waals surface area contributed by atoms with Crippen molar-refractivity contribution in [3.05, 3.63) is 35.6 Å². The van der Waals surface area contributed by atoms with Gasteiger partial charge in [-0.25, -0.2) is 4.39 Å². The number of hydrogen-bond donors (Lipinski definition) is 2. The minimum Gasteiger partial charge on any atom is -0.481 e. The molecule has 1 saturated heterocycles. The molecular formula is C13H16FNO2. The van der Waals surface area contributed by atoms with Crippen LogP contribution in [0.4, 0.5) is 4.39 Å². The lowest BCUT2D eigenvalue weighted by molar-refractivity contribution is -0.150. The van der Waals surface area contributed by atoms with Crippen LogP contribution in [0.1, 0.15) is 18.4 Å². The number of rotatable bonds is 3. The molecule has 0 aromatic heterocycles. The third-order valence-corrected chi connectivity index (χ3v) is 3.36. The van der Waals surface area contributed by atoms with Gasteiger partial charge in [0.05, 0.1) is 5.41 Å². The van der Waals surface area contributed by atoms with E-state index in [1.165, 1.54) is 12.1 Å². The lowest BCUT2D eigenvalue weighted by Gasteiger charge is -2.33. The summed E-state index contributed by atoms with van der Waals surface area (Å²) < 4.78 is 13.1. The third-order valence-electron chi connectivity index (χ3n) is 3.36. The van der Waals surface area contributed by atoms with Crippen LogP contribution in [0.5, 0.6) is 0 Å². The standard InChI is InChI=1S/C13H16FNO2/c14-11-4-1-3-10(7-11)8-13(12(16)17)5-2-6-15-9-13/h1,3-4,7,15H,2,5-6,8-9H2,(H,16,17). The first-order chi connectivity index (χ1) is 8.12. The number of hydrogen-bond acceptors (Lipinski definition) is 2. The van der Waals surface area contributed by atoms with E-state index in [0.717, 1.165) is 18.5 Å². The first-order valence-electron chi connectivity index (χ1n) is 5.81. The van der Waals surface area contributed by atoms with Crippen molar-refractivity contribution in [2.24, 2.45) is 5.41 Å². The van der Waals surface area contributed by atoms with Crippen LogP contribution >= 0.6 is 0 Å². The number of carboxylic acids is 1. The molecule has 2 N–H and O–H groups in total. The Bertz CT molecular complexity index is 414. The molecule has 1 aromatic rings. The highest BCUT2D eigenvalue weighted by atomic mass is 19.1. The molecule has 1 atom stereocenters. The number of carboxylic acid groups (broad SMARTS) is 1. The van der Waals surface area contributed by atoms with Crippen LogP contribution in [0, 0.1) is 11.2 Å². The molecule has 92 valence electrons. The SMILES string of the molecule is O=C(O)C1(Cc2cccc(F)c2)CCCNC1. The van der Waals surface area contributed by atoms with Crippen LogP contribution in [-0.2, 0) is 11.2 Å². The summed E-state index contributed by atoms with van der Waals surface area (Å²) in [7, 11) is 0. The van der Waals surface area contributed by atoms with Crippen molar-refractivity contribution in [3.8, 4) is 0 Å². The zero-order chi connectivity index (χ0) is 12.3. The molecule has 1 aromatic carbocycles. The van der Waals surface area contributed by atoms with E-state index in [-0.39, 0.29) is 5.82 Å². The van der Waals surface area contributed by atoms with Crippen molar-refractivity contribution in [2.75, 3.05) is 13.1 Å². The normalized spacial score (nSPS) is 24.5. The van der Waals surface area contributed by atoms with Crippen molar-refractivity contribution in [1.29, 1.82) is 0 Å². The van der Waals surface area contributed by atoms with Crippen molar-refractivity contribution in [2.45, 2.75) is 19.3 Å². The first-order valence-corrected chi connectivity index (χ1v) is 5.81. The summed E-state index contributed by atoms with van der Waals surface area (Å²) in [6, 6.07) is 6.19. The van der Waals surface area contributed by atoms with Gasteiger partial charge in [0.1, 0.15) is 5.82 Å². The Labute approximate surface area is 99.7 Å². The van der Waals surface area contributed by atoms with Crippen molar-refractivity contribution in [1.82, 2.24) is 5.32 Å². The molecule has 1 fully saturated rings. The van der Waals surface area contributed by atoms with Crippen molar-refractivity contribution >= 4 is 5.97 Å². The third kappa shape index (κ3) is 2.64. The minimum atomic E-state index is -0.797. The molecule has 1 aliphatic rings. The predicted molar refractivity (Wildman–Crippen MR) is 62.3 cm³/mol. The van der Waals surface area contributed by atoms with E-state index in [2.05, 4.69) is 5.32 Å². The molecule has 3 nitrogen and oxygen atoms in total. The van der Waals surface area contributed by atoms with Gasteiger partial charge in [0.15, 0.2) is 0 Å². The molecule has 2 rings (SSSR count). The molecule has 0 bridgehead atoms. The van der Waals surface area contributed by atoms with Gasteiger partial charge in [-0.1, -0.05) is 12.1 Å². The van der Waals surface area contributed by atoms with Crippen LogP contribution in [0.15, 0.2) is 24.3 Å². The van der Waals surface area contributed by atoms with Crippen LogP contribution in [0.2, 0.25) is 0 Å². The lowest BCUT2D eigenvalue weighted by atomic mass is 9.76. The Morgan fingerprint density at radius 2 is 2.35 bits per heavy atom. The summed E-state index contributed by atoms with van der Waals surface area (Å²) in [5.41, 5.74) is -0.0393. The van der Waals surface area contributed by atoms with Crippen LogP contribution < -0.4 is 5.32 Å². The Hall–Kier alpha value is -1.42. The topological polar surface area (TPSA) is 49.3 Å². The molecule has 0 radical (unpaired) electrons. The van der Waals surface area contributed by atoms with Crippen LogP contribution in [0.3, 0.4) is 0 Å². The summed E-state index contributed by atoms with van der Waals surface area (Å²) in [4.78, 5) is 11.4. The van der Waals surface area contributed by atoms with Gasteiger partial charge in [-0.3, -0.25) is 4.79 Å². The second-order valence-corrected chi connectivity index (χ2v) is 4.67. The van der Waals surface area contributed by atoms with Gasteiger partial charge >= 0.3 is 5.97 Å². The van der Waals surface area contributed by atoms with E-state index in [1.54, 1.807) is 12.1 Å². The van der Waals surface area contributed by atoms with E-state index in [4.69, 9.17) is 0 Å². The molecule has 1 aliphatic heterocycles.